The molecule has 1 saturated heterocycles. The summed E-state index contributed by atoms with van der Waals surface area (Å²) in [7, 11) is 0. The van der Waals surface area contributed by atoms with Crippen molar-refractivity contribution >= 4 is 17.7 Å². The number of carbonyl (C=O) groups excluding carboxylic acids is 1. The standard InChI is InChI=1S/C22H15ClN2O2/c23-19-9-5-4-8-18(19)21-20(25-22(26)27-21)17-12-16(13-24-14-17)11-10-15-6-2-1-3-7-15/h1-9,12-14,20-21H,(H,25,26)/t20-,21-/m0/s1. The molecule has 1 fully saturated rings. The Bertz CT molecular complexity index is 1040. The van der Waals surface area contributed by atoms with Crippen molar-refractivity contribution in [1.82, 2.24) is 10.3 Å². The predicted molar refractivity (Wildman–Crippen MR) is 103 cm³/mol. The largest absolute Gasteiger partial charge is 0.439 e. The Morgan fingerprint density at radius 2 is 1.70 bits per heavy atom. The minimum absolute atomic E-state index is 0.386. The second-order valence-electron chi connectivity index (χ2n) is 6.09. The van der Waals surface area contributed by atoms with Gasteiger partial charge in [-0.15, -0.1) is 0 Å². The van der Waals surface area contributed by atoms with Crippen LogP contribution in [0, 0.1) is 11.8 Å². The maximum Gasteiger partial charge on any atom is 0.408 e. The Morgan fingerprint density at radius 3 is 2.52 bits per heavy atom. The number of hydrogen-bond donors (Lipinski definition) is 1. The number of halogens is 1. The molecule has 4 rings (SSSR count). The number of cyclic esters (lactones) is 1. The number of carbonyl (C=O) groups is 1. The first-order chi connectivity index (χ1) is 13.2. The summed E-state index contributed by atoms with van der Waals surface area (Å²) < 4.78 is 5.47. The smallest absolute Gasteiger partial charge is 0.408 e. The third-order valence-electron chi connectivity index (χ3n) is 4.27. The van der Waals surface area contributed by atoms with Crippen molar-refractivity contribution in [2.75, 3.05) is 0 Å². The molecule has 1 amide bonds. The fourth-order valence-corrected chi connectivity index (χ4v) is 3.23. The van der Waals surface area contributed by atoms with Crippen LogP contribution in [0.1, 0.15) is 34.4 Å². The van der Waals surface area contributed by atoms with Crippen LogP contribution in [0.2, 0.25) is 5.02 Å². The van der Waals surface area contributed by atoms with Gasteiger partial charge >= 0.3 is 6.09 Å². The third kappa shape index (κ3) is 3.79. The number of aromatic nitrogens is 1. The first kappa shape index (κ1) is 17.1. The second-order valence-corrected chi connectivity index (χ2v) is 6.50. The molecule has 1 aliphatic heterocycles. The zero-order valence-corrected chi connectivity index (χ0v) is 15.0. The minimum atomic E-state index is -0.523. The van der Waals surface area contributed by atoms with E-state index in [9.17, 15) is 4.79 Å². The van der Waals surface area contributed by atoms with Crippen molar-refractivity contribution in [3.8, 4) is 11.8 Å². The molecule has 4 nitrogen and oxygen atoms in total. The van der Waals surface area contributed by atoms with Gasteiger partial charge in [0.2, 0.25) is 0 Å². The van der Waals surface area contributed by atoms with Crippen LogP contribution in [0.15, 0.2) is 73.1 Å². The van der Waals surface area contributed by atoms with Crippen molar-refractivity contribution < 1.29 is 9.53 Å². The van der Waals surface area contributed by atoms with Crippen molar-refractivity contribution in [2.45, 2.75) is 12.1 Å². The summed E-state index contributed by atoms with van der Waals surface area (Å²) >= 11 is 6.30. The van der Waals surface area contributed by atoms with E-state index < -0.39 is 12.2 Å². The lowest BCUT2D eigenvalue weighted by molar-refractivity contribution is 0.132. The van der Waals surface area contributed by atoms with E-state index in [2.05, 4.69) is 22.1 Å². The van der Waals surface area contributed by atoms with E-state index in [0.29, 0.717) is 5.02 Å². The highest BCUT2D eigenvalue weighted by Gasteiger charge is 2.37. The molecule has 1 N–H and O–H groups in total. The minimum Gasteiger partial charge on any atom is -0.439 e. The Labute approximate surface area is 162 Å². The third-order valence-corrected chi connectivity index (χ3v) is 4.61. The fraction of sp³-hybridized carbons (Fsp3) is 0.0909. The molecule has 2 aromatic carbocycles. The van der Waals surface area contributed by atoms with Crippen LogP contribution in [0.25, 0.3) is 0 Å². The number of benzene rings is 2. The fourth-order valence-electron chi connectivity index (χ4n) is 2.99. The van der Waals surface area contributed by atoms with Crippen LogP contribution in [-0.2, 0) is 4.74 Å². The Morgan fingerprint density at radius 1 is 0.963 bits per heavy atom. The van der Waals surface area contributed by atoms with Gasteiger partial charge < -0.3 is 10.1 Å². The van der Waals surface area contributed by atoms with E-state index in [1.165, 1.54) is 0 Å². The average molecular weight is 375 g/mol. The molecule has 0 saturated carbocycles. The van der Waals surface area contributed by atoms with Gasteiger partial charge in [0.25, 0.3) is 0 Å². The van der Waals surface area contributed by atoms with Crippen molar-refractivity contribution in [3.63, 3.8) is 0 Å². The van der Waals surface area contributed by atoms with E-state index in [-0.39, 0.29) is 6.04 Å². The SMILES string of the molecule is O=C1N[C@@H](c2cncc(C#Cc3ccccc3)c2)[C@H](c2ccccc2Cl)O1. The molecule has 0 unspecified atom stereocenters. The zero-order valence-electron chi connectivity index (χ0n) is 14.2. The van der Waals surface area contributed by atoms with Gasteiger partial charge in [-0.1, -0.05) is 59.8 Å². The maximum atomic E-state index is 11.9. The van der Waals surface area contributed by atoms with Crippen LogP contribution in [0.3, 0.4) is 0 Å². The lowest BCUT2D eigenvalue weighted by Crippen LogP contribution is -2.20. The number of nitrogens with one attached hydrogen (secondary N) is 1. The summed E-state index contributed by atoms with van der Waals surface area (Å²) in [6.07, 6.45) is 2.40. The van der Waals surface area contributed by atoms with E-state index >= 15 is 0 Å². The number of alkyl carbamates (subject to hydrolysis) is 1. The molecular formula is C22H15ClN2O2. The topological polar surface area (TPSA) is 51.2 Å². The summed E-state index contributed by atoms with van der Waals surface area (Å²) in [6.45, 7) is 0. The van der Waals surface area contributed by atoms with E-state index in [1.807, 2.05) is 54.6 Å². The normalized spacial score (nSPS) is 18.2. The lowest BCUT2D eigenvalue weighted by atomic mass is 9.97. The van der Waals surface area contributed by atoms with Crippen LogP contribution in [-0.4, -0.2) is 11.1 Å². The number of rotatable bonds is 2. The second kappa shape index (κ2) is 7.53. The van der Waals surface area contributed by atoms with E-state index in [0.717, 1.165) is 22.3 Å². The highest BCUT2D eigenvalue weighted by molar-refractivity contribution is 6.31. The van der Waals surface area contributed by atoms with Gasteiger partial charge in [0.15, 0.2) is 6.10 Å². The van der Waals surface area contributed by atoms with Crippen LogP contribution in [0.5, 0.6) is 0 Å². The number of hydrogen-bond acceptors (Lipinski definition) is 3. The van der Waals surface area contributed by atoms with Gasteiger partial charge in [-0.2, -0.15) is 0 Å². The molecule has 0 bridgehead atoms. The summed E-state index contributed by atoms with van der Waals surface area (Å²) in [5, 5.41) is 3.39. The molecule has 0 radical (unpaired) electrons. The van der Waals surface area contributed by atoms with Crippen molar-refractivity contribution in [1.29, 1.82) is 0 Å². The Kier molecular flexibility index (Phi) is 4.78. The number of nitrogens with zero attached hydrogens (tertiary/aromatic N) is 1. The number of amides is 1. The molecule has 1 aromatic heterocycles. The molecular weight excluding hydrogens is 360 g/mol. The average Bonchev–Trinajstić information content (AvgIpc) is 3.09. The molecule has 0 aliphatic carbocycles. The van der Waals surface area contributed by atoms with Crippen LogP contribution < -0.4 is 5.32 Å². The highest BCUT2D eigenvalue weighted by Crippen LogP contribution is 2.39. The van der Waals surface area contributed by atoms with Crippen LogP contribution in [0.4, 0.5) is 4.79 Å². The predicted octanol–water partition coefficient (Wildman–Crippen LogP) is 4.66. The molecule has 3 aromatic rings. The van der Waals surface area contributed by atoms with Gasteiger partial charge in [0, 0.05) is 34.1 Å². The quantitative estimate of drug-likeness (QED) is 0.664. The van der Waals surface area contributed by atoms with Crippen molar-refractivity contribution in [2.24, 2.45) is 0 Å². The van der Waals surface area contributed by atoms with Gasteiger partial charge in [0.05, 0.1) is 0 Å². The number of pyridine rings is 1. The van der Waals surface area contributed by atoms with Gasteiger partial charge in [0.1, 0.15) is 6.04 Å². The van der Waals surface area contributed by atoms with Crippen LogP contribution >= 0.6 is 11.6 Å². The van der Waals surface area contributed by atoms with Crippen molar-refractivity contribution in [3.05, 3.63) is 100 Å². The Hall–Kier alpha value is -3.29. The number of ether oxygens (including phenoxy) is 1. The molecule has 2 atom stereocenters. The summed E-state index contributed by atoms with van der Waals surface area (Å²) in [6, 6.07) is 18.6. The van der Waals surface area contributed by atoms with Gasteiger partial charge in [-0.05, 0) is 29.8 Å². The molecule has 132 valence electrons. The molecule has 27 heavy (non-hydrogen) atoms. The lowest BCUT2D eigenvalue weighted by Gasteiger charge is -2.18. The molecule has 0 spiro atoms. The highest BCUT2D eigenvalue weighted by atomic mass is 35.5. The van der Waals surface area contributed by atoms with Gasteiger partial charge in [-0.3, -0.25) is 4.98 Å². The molecule has 5 heteroatoms. The first-order valence-electron chi connectivity index (χ1n) is 8.44. The first-order valence-corrected chi connectivity index (χ1v) is 8.82. The Balaban J connectivity index is 1.65. The molecule has 2 heterocycles. The summed E-state index contributed by atoms with van der Waals surface area (Å²) in [4.78, 5) is 16.2. The molecule has 1 aliphatic rings. The van der Waals surface area contributed by atoms with E-state index in [4.69, 9.17) is 16.3 Å². The van der Waals surface area contributed by atoms with Gasteiger partial charge in [-0.25, -0.2) is 4.79 Å². The summed E-state index contributed by atoms with van der Waals surface area (Å²) in [5.74, 6) is 6.22. The van der Waals surface area contributed by atoms with E-state index in [1.54, 1.807) is 18.5 Å². The summed E-state index contributed by atoms with van der Waals surface area (Å²) in [5.41, 5.74) is 3.25. The zero-order chi connectivity index (χ0) is 18.6. The maximum absolute atomic E-state index is 11.9. The monoisotopic (exact) mass is 374 g/mol.